The highest BCUT2D eigenvalue weighted by Crippen LogP contribution is 2.24. The zero-order valence-corrected chi connectivity index (χ0v) is 12.2. The van der Waals surface area contributed by atoms with Crippen LogP contribution in [0.1, 0.15) is 45.3 Å². The van der Waals surface area contributed by atoms with Gasteiger partial charge in [-0.2, -0.15) is 4.98 Å². The van der Waals surface area contributed by atoms with Gasteiger partial charge in [-0.1, -0.05) is 25.9 Å². The molecule has 0 bridgehead atoms. The minimum atomic E-state index is 0.203. The summed E-state index contributed by atoms with van der Waals surface area (Å²) < 4.78 is 5.31. The van der Waals surface area contributed by atoms with E-state index in [0.29, 0.717) is 24.3 Å². The van der Waals surface area contributed by atoms with Crippen molar-refractivity contribution in [1.29, 1.82) is 0 Å². The molecular weight excluding hydrogens is 242 g/mol. The van der Waals surface area contributed by atoms with Gasteiger partial charge in [0.1, 0.15) is 0 Å². The molecule has 0 radical (unpaired) electrons. The second-order valence-electron chi connectivity index (χ2n) is 6.04. The van der Waals surface area contributed by atoms with Gasteiger partial charge in [-0.05, 0) is 31.2 Å². The molecule has 5 nitrogen and oxygen atoms in total. The average Bonchev–Trinajstić information content (AvgIpc) is 2.76. The number of aliphatic hydroxyl groups excluding tert-OH is 1. The first-order valence-electron chi connectivity index (χ1n) is 7.26. The van der Waals surface area contributed by atoms with Crippen LogP contribution in [0.15, 0.2) is 4.52 Å². The van der Waals surface area contributed by atoms with E-state index in [1.807, 2.05) is 0 Å². The predicted octanol–water partition coefficient (Wildman–Crippen LogP) is 1.86. The number of likely N-dealkylation sites (tertiary alicyclic amines) is 1. The van der Waals surface area contributed by atoms with E-state index in [1.54, 1.807) is 0 Å². The van der Waals surface area contributed by atoms with Crippen molar-refractivity contribution >= 4 is 0 Å². The van der Waals surface area contributed by atoms with Crippen molar-refractivity contribution in [3.8, 4) is 0 Å². The summed E-state index contributed by atoms with van der Waals surface area (Å²) in [6, 6.07) is 0.217. The van der Waals surface area contributed by atoms with Crippen LogP contribution in [0.2, 0.25) is 0 Å². The number of nitrogens with zero attached hydrogens (tertiary/aromatic N) is 3. The van der Waals surface area contributed by atoms with E-state index in [4.69, 9.17) is 4.52 Å². The molecule has 0 amide bonds. The molecule has 19 heavy (non-hydrogen) atoms. The fraction of sp³-hybridized carbons (Fsp3) is 0.857. The van der Waals surface area contributed by atoms with Crippen LogP contribution in [0.4, 0.5) is 0 Å². The molecule has 2 rings (SSSR count). The Morgan fingerprint density at radius 1 is 1.47 bits per heavy atom. The van der Waals surface area contributed by atoms with Gasteiger partial charge in [0.15, 0.2) is 5.82 Å². The molecule has 2 atom stereocenters. The molecule has 0 aromatic carbocycles. The largest absolute Gasteiger partial charge is 0.395 e. The smallest absolute Gasteiger partial charge is 0.240 e. The number of aliphatic hydroxyl groups is 1. The van der Waals surface area contributed by atoms with Crippen molar-refractivity contribution in [2.45, 2.75) is 52.6 Å². The Labute approximate surface area is 115 Å². The van der Waals surface area contributed by atoms with E-state index in [9.17, 15) is 5.11 Å². The third kappa shape index (κ3) is 3.76. The van der Waals surface area contributed by atoms with Crippen molar-refractivity contribution in [2.75, 3.05) is 13.2 Å². The molecule has 2 heterocycles. The fourth-order valence-corrected chi connectivity index (χ4v) is 2.80. The fourth-order valence-electron chi connectivity index (χ4n) is 2.80. The Hall–Kier alpha value is -0.940. The molecule has 1 saturated heterocycles. The Kier molecular flexibility index (Phi) is 4.93. The lowest BCUT2D eigenvalue weighted by Gasteiger charge is -2.38. The molecule has 108 valence electrons. The van der Waals surface area contributed by atoms with E-state index in [1.165, 1.54) is 12.8 Å². The monoisotopic (exact) mass is 267 g/mol. The molecule has 0 spiro atoms. The minimum absolute atomic E-state index is 0.203. The standard InChI is InChI=1S/C14H25N3O2/c1-10(2)7-13-15-14(19-16-13)8-17-6-4-5-11(3)12(17)9-18/h10-12,18H,4-9H2,1-3H3. The van der Waals surface area contributed by atoms with Gasteiger partial charge in [-0.3, -0.25) is 4.90 Å². The van der Waals surface area contributed by atoms with E-state index >= 15 is 0 Å². The van der Waals surface area contributed by atoms with Gasteiger partial charge in [0.05, 0.1) is 13.2 Å². The molecule has 1 fully saturated rings. The highest BCUT2D eigenvalue weighted by Gasteiger charge is 2.29. The highest BCUT2D eigenvalue weighted by atomic mass is 16.5. The normalized spacial score (nSPS) is 25.1. The van der Waals surface area contributed by atoms with Gasteiger partial charge < -0.3 is 9.63 Å². The van der Waals surface area contributed by atoms with Crippen molar-refractivity contribution in [3.05, 3.63) is 11.7 Å². The SMILES string of the molecule is CC(C)Cc1noc(CN2CCCC(C)C2CO)n1. The number of aromatic nitrogens is 2. The van der Waals surface area contributed by atoms with Crippen LogP contribution in [0.3, 0.4) is 0 Å². The maximum Gasteiger partial charge on any atom is 0.240 e. The summed E-state index contributed by atoms with van der Waals surface area (Å²) in [7, 11) is 0. The summed E-state index contributed by atoms with van der Waals surface area (Å²) in [4.78, 5) is 6.70. The second-order valence-corrected chi connectivity index (χ2v) is 6.04. The first kappa shape index (κ1) is 14.5. The predicted molar refractivity (Wildman–Crippen MR) is 72.5 cm³/mol. The van der Waals surface area contributed by atoms with Gasteiger partial charge in [-0.25, -0.2) is 0 Å². The quantitative estimate of drug-likeness (QED) is 0.882. The molecular formula is C14H25N3O2. The van der Waals surface area contributed by atoms with Crippen molar-refractivity contribution < 1.29 is 9.63 Å². The van der Waals surface area contributed by atoms with Crippen LogP contribution in [0, 0.1) is 11.8 Å². The Bertz CT molecular complexity index is 392. The molecule has 1 aromatic heterocycles. The van der Waals surface area contributed by atoms with Gasteiger partial charge in [0.25, 0.3) is 0 Å². The van der Waals surface area contributed by atoms with Gasteiger partial charge in [-0.15, -0.1) is 0 Å². The maximum absolute atomic E-state index is 9.53. The lowest BCUT2D eigenvalue weighted by Crippen LogP contribution is -2.46. The topological polar surface area (TPSA) is 62.4 Å². The summed E-state index contributed by atoms with van der Waals surface area (Å²) in [5.41, 5.74) is 0. The van der Waals surface area contributed by atoms with E-state index in [2.05, 4.69) is 35.8 Å². The highest BCUT2D eigenvalue weighted by molar-refractivity contribution is 4.90. The molecule has 5 heteroatoms. The van der Waals surface area contributed by atoms with E-state index in [0.717, 1.165) is 18.8 Å². The molecule has 2 unspecified atom stereocenters. The first-order valence-corrected chi connectivity index (χ1v) is 7.26. The molecule has 1 aliphatic heterocycles. The first-order chi connectivity index (χ1) is 9.10. The maximum atomic E-state index is 9.53. The van der Waals surface area contributed by atoms with Crippen LogP contribution >= 0.6 is 0 Å². The Balaban J connectivity index is 1.97. The zero-order chi connectivity index (χ0) is 13.8. The van der Waals surface area contributed by atoms with Gasteiger partial charge in [0.2, 0.25) is 5.89 Å². The summed E-state index contributed by atoms with van der Waals surface area (Å²) in [6.45, 7) is 8.34. The summed E-state index contributed by atoms with van der Waals surface area (Å²) >= 11 is 0. The Morgan fingerprint density at radius 3 is 2.95 bits per heavy atom. The van der Waals surface area contributed by atoms with Crippen LogP contribution < -0.4 is 0 Å². The summed E-state index contributed by atoms with van der Waals surface area (Å²) in [5.74, 6) is 2.52. The van der Waals surface area contributed by atoms with E-state index < -0.39 is 0 Å². The molecule has 0 aliphatic carbocycles. The zero-order valence-electron chi connectivity index (χ0n) is 12.2. The lowest BCUT2D eigenvalue weighted by atomic mass is 9.91. The average molecular weight is 267 g/mol. The van der Waals surface area contributed by atoms with Gasteiger partial charge >= 0.3 is 0 Å². The third-order valence-corrected chi connectivity index (χ3v) is 3.86. The van der Waals surface area contributed by atoms with Crippen molar-refractivity contribution in [1.82, 2.24) is 15.0 Å². The molecule has 1 aliphatic rings. The van der Waals surface area contributed by atoms with Gasteiger partial charge in [0, 0.05) is 12.5 Å². The third-order valence-electron chi connectivity index (χ3n) is 3.86. The number of piperidine rings is 1. The molecule has 1 N–H and O–H groups in total. The summed E-state index contributed by atoms with van der Waals surface area (Å²) in [5, 5.41) is 13.5. The van der Waals surface area contributed by atoms with Crippen molar-refractivity contribution in [2.24, 2.45) is 11.8 Å². The van der Waals surface area contributed by atoms with E-state index in [-0.39, 0.29) is 12.6 Å². The minimum Gasteiger partial charge on any atom is -0.395 e. The number of rotatable bonds is 5. The Morgan fingerprint density at radius 2 is 2.26 bits per heavy atom. The molecule has 1 aromatic rings. The number of hydrogen-bond donors (Lipinski definition) is 1. The summed E-state index contributed by atoms with van der Waals surface area (Å²) in [6.07, 6.45) is 3.21. The van der Waals surface area contributed by atoms with Crippen LogP contribution in [0.25, 0.3) is 0 Å². The lowest BCUT2D eigenvalue weighted by molar-refractivity contribution is 0.0400. The van der Waals surface area contributed by atoms with Crippen LogP contribution in [-0.2, 0) is 13.0 Å². The molecule has 0 saturated carbocycles. The van der Waals surface area contributed by atoms with Crippen LogP contribution in [0.5, 0.6) is 0 Å². The van der Waals surface area contributed by atoms with Crippen molar-refractivity contribution in [3.63, 3.8) is 0 Å². The number of hydrogen-bond acceptors (Lipinski definition) is 5. The second kappa shape index (κ2) is 6.48. The van der Waals surface area contributed by atoms with Crippen LogP contribution in [-0.4, -0.2) is 39.3 Å².